The van der Waals surface area contributed by atoms with E-state index in [4.69, 9.17) is 5.11 Å². The third-order valence-corrected chi connectivity index (χ3v) is 3.51. The van der Waals surface area contributed by atoms with Gasteiger partial charge in [0.15, 0.2) is 0 Å². The van der Waals surface area contributed by atoms with Crippen LogP contribution in [0.25, 0.3) is 0 Å². The highest BCUT2D eigenvalue weighted by molar-refractivity contribution is 5.75. The van der Waals surface area contributed by atoms with Gasteiger partial charge in [-0.1, -0.05) is 32.0 Å². The molecule has 0 aliphatic heterocycles. The molecule has 1 aromatic carbocycles. The minimum absolute atomic E-state index is 0.000155. The number of aryl methyl sites for hydroxylation is 1. The molecule has 1 N–H and O–H groups in total. The van der Waals surface area contributed by atoms with E-state index in [1.54, 1.807) is 11.9 Å². The molecule has 0 aromatic heterocycles. The van der Waals surface area contributed by atoms with Gasteiger partial charge in [-0.3, -0.25) is 4.79 Å². The number of rotatable bonds is 6. The van der Waals surface area contributed by atoms with Crippen LogP contribution in [0.2, 0.25) is 0 Å². The van der Waals surface area contributed by atoms with Gasteiger partial charge >= 0.3 is 0 Å². The first-order valence-corrected chi connectivity index (χ1v) is 6.90. The molecule has 0 bridgehead atoms. The molecule has 3 heteroatoms. The minimum atomic E-state index is -0.0783. The van der Waals surface area contributed by atoms with E-state index < -0.39 is 0 Å². The lowest BCUT2D eigenvalue weighted by molar-refractivity contribution is -0.130. The maximum absolute atomic E-state index is 11.6. The van der Waals surface area contributed by atoms with Crippen molar-refractivity contribution in [2.24, 2.45) is 0 Å². The molecule has 0 saturated carbocycles. The largest absolute Gasteiger partial charge is 0.396 e. The van der Waals surface area contributed by atoms with Gasteiger partial charge in [-0.25, -0.2) is 0 Å². The van der Waals surface area contributed by atoms with Crippen molar-refractivity contribution in [2.75, 3.05) is 20.2 Å². The van der Waals surface area contributed by atoms with Gasteiger partial charge in [-0.2, -0.15) is 0 Å². The van der Waals surface area contributed by atoms with Gasteiger partial charge in [0.25, 0.3) is 0 Å². The predicted octanol–water partition coefficient (Wildman–Crippen LogP) is 2.50. The zero-order valence-corrected chi connectivity index (χ0v) is 12.4. The fourth-order valence-electron chi connectivity index (χ4n) is 2.02. The van der Waals surface area contributed by atoms with Gasteiger partial charge < -0.3 is 10.0 Å². The molecule has 0 aliphatic carbocycles. The molecule has 0 spiro atoms. The molecular formula is C16H25NO2. The first-order chi connectivity index (χ1) is 8.95. The maximum atomic E-state index is 11.6. The number of amides is 1. The molecule has 1 rings (SSSR count). The Bertz CT molecular complexity index is 427. The van der Waals surface area contributed by atoms with Crippen LogP contribution >= 0.6 is 0 Å². The molecule has 0 radical (unpaired) electrons. The standard InChI is InChI=1S/C16H25NO2/c1-12(2)14-6-5-13(3)15(11-14)7-9-17(4)16(19)8-10-18/h5-6,11-12,18H,7-10H2,1-4H3. The highest BCUT2D eigenvalue weighted by Crippen LogP contribution is 2.19. The summed E-state index contributed by atoms with van der Waals surface area (Å²) in [7, 11) is 1.79. The predicted molar refractivity (Wildman–Crippen MR) is 78.3 cm³/mol. The van der Waals surface area contributed by atoms with Crippen molar-refractivity contribution < 1.29 is 9.90 Å². The van der Waals surface area contributed by atoms with Crippen molar-refractivity contribution in [1.29, 1.82) is 0 Å². The molecule has 1 aromatic rings. The van der Waals surface area contributed by atoms with Crippen LogP contribution in [0.4, 0.5) is 0 Å². The Labute approximate surface area is 116 Å². The fourth-order valence-corrected chi connectivity index (χ4v) is 2.02. The summed E-state index contributed by atoms with van der Waals surface area (Å²) in [4.78, 5) is 13.3. The summed E-state index contributed by atoms with van der Waals surface area (Å²) in [5, 5.41) is 8.76. The summed E-state index contributed by atoms with van der Waals surface area (Å²) in [5.41, 5.74) is 3.91. The Hall–Kier alpha value is -1.35. The number of hydrogen-bond acceptors (Lipinski definition) is 2. The molecule has 3 nitrogen and oxygen atoms in total. The van der Waals surface area contributed by atoms with Crippen LogP contribution in [0.15, 0.2) is 18.2 Å². The van der Waals surface area contributed by atoms with E-state index in [2.05, 4.69) is 39.0 Å². The Balaban J connectivity index is 2.66. The fraction of sp³-hybridized carbons (Fsp3) is 0.562. The zero-order chi connectivity index (χ0) is 14.4. The van der Waals surface area contributed by atoms with Crippen molar-refractivity contribution in [3.05, 3.63) is 34.9 Å². The first-order valence-electron chi connectivity index (χ1n) is 6.90. The normalized spacial score (nSPS) is 10.8. The van der Waals surface area contributed by atoms with Gasteiger partial charge in [0.2, 0.25) is 5.91 Å². The van der Waals surface area contributed by atoms with Crippen LogP contribution in [0.1, 0.15) is 42.9 Å². The quantitative estimate of drug-likeness (QED) is 0.856. The molecule has 0 fully saturated rings. The van der Waals surface area contributed by atoms with Crippen LogP contribution in [-0.4, -0.2) is 36.1 Å². The molecule has 0 aliphatic rings. The van der Waals surface area contributed by atoms with E-state index in [1.807, 2.05) is 0 Å². The minimum Gasteiger partial charge on any atom is -0.396 e. The summed E-state index contributed by atoms with van der Waals surface area (Å²) in [6, 6.07) is 6.56. The second-order valence-electron chi connectivity index (χ2n) is 5.38. The number of hydrogen-bond donors (Lipinski definition) is 1. The van der Waals surface area contributed by atoms with Crippen LogP contribution in [-0.2, 0) is 11.2 Å². The van der Waals surface area contributed by atoms with Crippen LogP contribution in [0.3, 0.4) is 0 Å². The zero-order valence-electron chi connectivity index (χ0n) is 12.4. The van der Waals surface area contributed by atoms with Gasteiger partial charge in [0, 0.05) is 20.0 Å². The van der Waals surface area contributed by atoms with Crippen molar-refractivity contribution in [2.45, 2.75) is 39.5 Å². The Morgan fingerprint density at radius 2 is 2.05 bits per heavy atom. The van der Waals surface area contributed by atoms with Crippen LogP contribution in [0.5, 0.6) is 0 Å². The lowest BCUT2D eigenvalue weighted by Gasteiger charge is -2.18. The third-order valence-electron chi connectivity index (χ3n) is 3.51. The van der Waals surface area contributed by atoms with Crippen LogP contribution < -0.4 is 0 Å². The van der Waals surface area contributed by atoms with E-state index in [-0.39, 0.29) is 18.9 Å². The molecule has 106 valence electrons. The number of likely N-dealkylation sites (N-methyl/N-ethyl adjacent to an activating group) is 1. The lowest BCUT2D eigenvalue weighted by Crippen LogP contribution is -2.29. The average molecular weight is 263 g/mol. The van der Waals surface area contributed by atoms with E-state index in [9.17, 15) is 4.79 Å². The molecule has 0 atom stereocenters. The molecule has 0 heterocycles. The molecule has 19 heavy (non-hydrogen) atoms. The number of aliphatic hydroxyl groups excluding tert-OH is 1. The van der Waals surface area contributed by atoms with E-state index in [1.165, 1.54) is 16.7 Å². The topological polar surface area (TPSA) is 40.5 Å². The molecule has 1 amide bonds. The number of carbonyl (C=O) groups excluding carboxylic acids is 1. The second kappa shape index (κ2) is 7.29. The van der Waals surface area contributed by atoms with Crippen molar-refractivity contribution in [3.8, 4) is 0 Å². The Morgan fingerprint density at radius 1 is 1.37 bits per heavy atom. The number of carbonyl (C=O) groups is 1. The smallest absolute Gasteiger partial charge is 0.224 e. The van der Waals surface area contributed by atoms with Crippen LogP contribution in [0, 0.1) is 6.92 Å². The van der Waals surface area contributed by atoms with E-state index >= 15 is 0 Å². The molecule has 0 saturated heterocycles. The summed E-state index contributed by atoms with van der Waals surface area (Å²) in [5.74, 6) is 0.522. The summed E-state index contributed by atoms with van der Waals surface area (Å²) in [6.45, 7) is 7.10. The maximum Gasteiger partial charge on any atom is 0.224 e. The monoisotopic (exact) mass is 263 g/mol. The third kappa shape index (κ3) is 4.67. The second-order valence-corrected chi connectivity index (χ2v) is 5.38. The van der Waals surface area contributed by atoms with Crippen molar-refractivity contribution in [1.82, 2.24) is 4.90 Å². The lowest BCUT2D eigenvalue weighted by atomic mass is 9.96. The van der Waals surface area contributed by atoms with Crippen molar-refractivity contribution in [3.63, 3.8) is 0 Å². The highest BCUT2D eigenvalue weighted by Gasteiger charge is 2.09. The van der Waals surface area contributed by atoms with Gasteiger partial charge in [-0.05, 0) is 36.0 Å². The molecular weight excluding hydrogens is 238 g/mol. The number of aliphatic hydroxyl groups is 1. The number of nitrogens with zero attached hydrogens (tertiary/aromatic N) is 1. The molecule has 0 unspecified atom stereocenters. The summed E-state index contributed by atoms with van der Waals surface area (Å²) in [6.07, 6.45) is 1.07. The Morgan fingerprint density at radius 3 is 2.63 bits per heavy atom. The van der Waals surface area contributed by atoms with Gasteiger partial charge in [0.05, 0.1) is 6.61 Å². The van der Waals surface area contributed by atoms with Gasteiger partial charge in [-0.15, -0.1) is 0 Å². The van der Waals surface area contributed by atoms with Gasteiger partial charge in [0.1, 0.15) is 0 Å². The van der Waals surface area contributed by atoms with Crippen molar-refractivity contribution >= 4 is 5.91 Å². The summed E-state index contributed by atoms with van der Waals surface area (Å²) < 4.78 is 0. The van der Waals surface area contributed by atoms with E-state index in [0.29, 0.717) is 12.5 Å². The average Bonchev–Trinajstić information content (AvgIpc) is 2.37. The number of benzene rings is 1. The van der Waals surface area contributed by atoms with E-state index in [0.717, 1.165) is 6.42 Å². The first kappa shape index (κ1) is 15.7. The summed E-state index contributed by atoms with van der Waals surface area (Å²) >= 11 is 0. The SMILES string of the molecule is Cc1ccc(C(C)C)cc1CCN(C)C(=O)CCO. The highest BCUT2D eigenvalue weighted by atomic mass is 16.3. The Kier molecular flexibility index (Phi) is 6.03.